The summed E-state index contributed by atoms with van der Waals surface area (Å²) in [6, 6.07) is 1.72. The van der Waals surface area contributed by atoms with Crippen LogP contribution in [0.1, 0.15) is 0 Å². The van der Waals surface area contributed by atoms with E-state index >= 15 is 0 Å². The van der Waals surface area contributed by atoms with Gasteiger partial charge in [-0.3, -0.25) is 9.59 Å². The summed E-state index contributed by atoms with van der Waals surface area (Å²) in [5, 5.41) is 6.31. The smallest absolute Gasteiger partial charge is 0.237 e. The molecule has 0 bridgehead atoms. The molecular weight excluding hydrogens is 359 g/mol. The minimum absolute atomic E-state index is 0.203. The molecule has 3 rings (SSSR count). The lowest BCUT2D eigenvalue weighted by Crippen LogP contribution is -2.38. The number of amides is 2. The summed E-state index contributed by atoms with van der Waals surface area (Å²) in [7, 11) is 3.52. The van der Waals surface area contributed by atoms with Gasteiger partial charge in [-0.05, 0) is 17.5 Å². The molecule has 2 aliphatic heterocycles. The van der Waals surface area contributed by atoms with Crippen LogP contribution in [0.15, 0.2) is 23.2 Å². The SMILES string of the molecule is CN1C[C@H](C2=CC(Cl)NN2C)[C@@H](C(=O)Nc2ccsc2Cl)C1=O. The molecule has 2 amide bonds. The number of alkyl halides is 1. The maximum atomic E-state index is 12.7. The van der Waals surface area contributed by atoms with Crippen molar-refractivity contribution < 1.29 is 9.59 Å². The van der Waals surface area contributed by atoms with Gasteiger partial charge in [-0.2, -0.15) is 0 Å². The molecule has 23 heavy (non-hydrogen) atoms. The molecule has 124 valence electrons. The molecule has 1 fully saturated rings. The van der Waals surface area contributed by atoms with Gasteiger partial charge in [0, 0.05) is 32.3 Å². The normalized spacial score (nSPS) is 27.6. The van der Waals surface area contributed by atoms with Crippen LogP contribution in [0.3, 0.4) is 0 Å². The Morgan fingerprint density at radius 1 is 1.48 bits per heavy atom. The third kappa shape index (κ3) is 3.06. The molecule has 0 radical (unpaired) electrons. The van der Waals surface area contributed by atoms with Crippen LogP contribution >= 0.6 is 34.5 Å². The largest absolute Gasteiger partial charge is 0.344 e. The lowest BCUT2D eigenvalue weighted by Gasteiger charge is -2.24. The van der Waals surface area contributed by atoms with Crippen molar-refractivity contribution >= 4 is 52.0 Å². The van der Waals surface area contributed by atoms with E-state index in [1.165, 1.54) is 11.3 Å². The zero-order chi connectivity index (χ0) is 16.7. The average molecular weight is 375 g/mol. The van der Waals surface area contributed by atoms with Gasteiger partial charge in [0.1, 0.15) is 15.8 Å². The molecule has 0 spiro atoms. The summed E-state index contributed by atoms with van der Waals surface area (Å²) in [6.45, 7) is 0.468. The number of hydrogen-bond donors (Lipinski definition) is 2. The van der Waals surface area contributed by atoms with Crippen LogP contribution in [-0.2, 0) is 9.59 Å². The second-order valence-corrected chi connectivity index (χ2v) is 7.57. The maximum absolute atomic E-state index is 12.7. The summed E-state index contributed by atoms with van der Waals surface area (Å²) >= 11 is 13.4. The number of halogens is 2. The van der Waals surface area contributed by atoms with E-state index in [-0.39, 0.29) is 23.2 Å². The molecule has 9 heteroatoms. The van der Waals surface area contributed by atoms with E-state index in [4.69, 9.17) is 23.2 Å². The first-order valence-electron chi connectivity index (χ1n) is 7.03. The van der Waals surface area contributed by atoms with Crippen molar-refractivity contribution in [3.05, 3.63) is 27.6 Å². The molecule has 6 nitrogen and oxygen atoms in total. The van der Waals surface area contributed by atoms with Crippen LogP contribution in [0.25, 0.3) is 0 Å². The average Bonchev–Trinajstić information content (AvgIpc) is 3.11. The van der Waals surface area contributed by atoms with Crippen molar-refractivity contribution in [3.63, 3.8) is 0 Å². The monoisotopic (exact) mass is 374 g/mol. The highest BCUT2D eigenvalue weighted by Crippen LogP contribution is 2.35. The van der Waals surface area contributed by atoms with Gasteiger partial charge in [-0.15, -0.1) is 11.3 Å². The van der Waals surface area contributed by atoms with Gasteiger partial charge < -0.3 is 15.2 Å². The molecule has 2 aliphatic rings. The van der Waals surface area contributed by atoms with Gasteiger partial charge in [0.05, 0.1) is 5.69 Å². The third-order valence-electron chi connectivity index (χ3n) is 4.07. The first kappa shape index (κ1) is 16.6. The number of thiophene rings is 1. The van der Waals surface area contributed by atoms with Gasteiger partial charge in [0.15, 0.2) is 0 Å². The van der Waals surface area contributed by atoms with Crippen LogP contribution in [-0.4, -0.2) is 47.9 Å². The Labute approximate surface area is 148 Å². The van der Waals surface area contributed by atoms with E-state index < -0.39 is 5.92 Å². The van der Waals surface area contributed by atoms with Crippen molar-refractivity contribution in [1.29, 1.82) is 0 Å². The minimum Gasteiger partial charge on any atom is -0.344 e. The lowest BCUT2D eigenvalue weighted by atomic mass is 9.91. The van der Waals surface area contributed by atoms with E-state index in [0.29, 0.717) is 16.6 Å². The molecule has 1 unspecified atom stereocenters. The number of nitrogens with one attached hydrogen (secondary N) is 2. The second-order valence-electron chi connectivity index (χ2n) is 5.58. The Bertz CT molecular complexity index is 677. The van der Waals surface area contributed by atoms with Gasteiger partial charge in [-0.1, -0.05) is 23.2 Å². The second kappa shape index (κ2) is 6.32. The summed E-state index contributed by atoms with van der Waals surface area (Å²) in [5.41, 5.74) is 4.05. The van der Waals surface area contributed by atoms with Gasteiger partial charge in [0.25, 0.3) is 0 Å². The predicted molar refractivity (Wildman–Crippen MR) is 91.2 cm³/mol. The minimum atomic E-state index is -0.798. The fourth-order valence-corrected chi connectivity index (χ4v) is 4.09. The van der Waals surface area contributed by atoms with Crippen LogP contribution in [0.5, 0.6) is 0 Å². The number of carbonyl (C=O) groups is 2. The van der Waals surface area contributed by atoms with Crippen molar-refractivity contribution in [1.82, 2.24) is 15.3 Å². The zero-order valence-electron chi connectivity index (χ0n) is 12.5. The first-order valence-corrected chi connectivity index (χ1v) is 8.72. The van der Waals surface area contributed by atoms with Gasteiger partial charge in [0.2, 0.25) is 11.8 Å². The molecule has 2 N–H and O–H groups in total. The summed E-state index contributed by atoms with van der Waals surface area (Å²) in [6.07, 6.45) is 1.83. The van der Waals surface area contributed by atoms with Crippen molar-refractivity contribution in [2.24, 2.45) is 11.8 Å². The molecule has 0 saturated carbocycles. The summed E-state index contributed by atoms with van der Waals surface area (Å²) in [4.78, 5) is 26.7. The standard InChI is InChI=1S/C14H16Cl2N4O2S/c1-19-6-7(9-5-10(15)18-20(9)2)11(14(19)22)13(21)17-8-3-4-23-12(8)16/h3-5,7,10-11,18H,6H2,1-2H3,(H,17,21)/t7-,10?,11+/m1/s1. The summed E-state index contributed by atoms with van der Waals surface area (Å²) < 4.78 is 0.494. The van der Waals surface area contributed by atoms with Crippen molar-refractivity contribution in [3.8, 4) is 0 Å². The Morgan fingerprint density at radius 2 is 2.22 bits per heavy atom. The lowest BCUT2D eigenvalue weighted by molar-refractivity contribution is -0.135. The first-order chi connectivity index (χ1) is 10.9. The molecule has 0 aromatic carbocycles. The highest BCUT2D eigenvalue weighted by Gasteiger charge is 2.47. The topological polar surface area (TPSA) is 64.7 Å². The van der Waals surface area contributed by atoms with Crippen LogP contribution in [0.4, 0.5) is 5.69 Å². The Morgan fingerprint density at radius 3 is 2.78 bits per heavy atom. The fraction of sp³-hybridized carbons (Fsp3) is 0.429. The van der Waals surface area contributed by atoms with Crippen LogP contribution in [0, 0.1) is 11.8 Å². The van der Waals surface area contributed by atoms with Gasteiger partial charge >= 0.3 is 0 Å². The number of hydrazine groups is 1. The number of anilines is 1. The molecule has 1 saturated heterocycles. The van der Waals surface area contributed by atoms with E-state index in [1.54, 1.807) is 28.4 Å². The van der Waals surface area contributed by atoms with E-state index in [0.717, 1.165) is 5.70 Å². The molecule has 3 atom stereocenters. The van der Waals surface area contributed by atoms with Crippen LogP contribution in [0.2, 0.25) is 4.34 Å². The Kier molecular flexibility index (Phi) is 4.55. The maximum Gasteiger partial charge on any atom is 0.237 e. The summed E-state index contributed by atoms with van der Waals surface area (Å²) in [5.74, 6) is -1.61. The van der Waals surface area contributed by atoms with E-state index in [1.807, 2.05) is 13.1 Å². The molecule has 1 aromatic rings. The van der Waals surface area contributed by atoms with Crippen molar-refractivity contribution in [2.75, 3.05) is 26.0 Å². The molecular formula is C14H16Cl2N4O2S. The number of carbonyl (C=O) groups excluding carboxylic acids is 2. The number of nitrogens with zero attached hydrogens (tertiary/aromatic N) is 2. The third-order valence-corrected chi connectivity index (χ3v) is 5.47. The van der Waals surface area contributed by atoms with E-state index in [9.17, 15) is 9.59 Å². The zero-order valence-corrected chi connectivity index (χ0v) is 14.9. The van der Waals surface area contributed by atoms with Gasteiger partial charge in [-0.25, -0.2) is 5.43 Å². The van der Waals surface area contributed by atoms with Crippen LogP contribution < -0.4 is 10.7 Å². The highest BCUT2D eigenvalue weighted by molar-refractivity contribution is 7.15. The predicted octanol–water partition coefficient (Wildman–Crippen LogP) is 1.94. The van der Waals surface area contributed by atoms with E-state index in [2.05, 4.69) is 10.7 Å². The Hall–Kier alpha value is -1.28. The Balaban J connectivity index is 1.85. The molecule has 0 aliphatic carbocycles. The fourth-order valence-electron chi connectivity index (χ4n) is 2.98. The number of hydrogen-bond acceptors (Lipinski definition) is 5. The molecule has 3 heterocycles. The highest BCUT2D eigenvalue weighted by atomic mass is 35.5. The number of likely N-dealkylation sites (tertiary alicyclic amines) is 1. The molecule has 1 aromatic heterocycles. The number of rotatable bonds is 3. The van der Waals surface area contributed by atoms with Crippen molar-refractivity contribution in [2.45, 2.75) is 5.50 Å². The quantitative estimate of drug-likeness (QED) is 0.482.